The van der Waals surface area contributed by atoms with Crippen LogP contribution in [0.5, 0.6) is 0 Å². The molecular weight excluding hydrogens is 227 g/mol. The Balaban J connectivity index is 5.09. The predicted octanol–water partition coefficient (Wildman–Crippen LogP) is 0.753. The SMILES string of the molecule is CC(C)P(=O)(CC(C(N)=O)C(N)=O)C(C)C. The molecule has 0 spiro atoms. The first kappa shape index (κ1) is 15.2. The van der Waals surface area contributed by atoms with Gasteiger partial charge >= 0.3 is 0 Å². The van der Waals surface area contributed by atoms with E-state index in [0.717, 1.165) is 0 Å². The van der Waals surface area contributed by atoms with E-state index in [0.29, 0.717) is 0 Å². The molecule has 0 aromatic carbocycles. The van der Waals surface area contributed by atoms with Crippen molar-refractivity contribution in [2.24, 2.45) is 17.4 Å². The van der Waals surface area contributed by atoms with Gasteiger partial charge in [-0.15, -0.1) is 0 Å². The molecule has 0 aromatic heterocycles. The van der Waals surface area contributed by atoms with E-state index in [4.69, 9.17) is 11.5 Å². The number of primary amides is 2. The van der Waals surface area contributed by atoms with Crippen LogP contribution in [0.25, 0.3) is 0 Å². The number of nitrogens with two attached hydrogens (primary N) is 2. The first-order valence-corrected chi connectivity index (χ1v) is 7.33. The fourth-order valence-electron chi connectivity index (χ4n) is 1.62. The molecule has 0 rings (SSSR count). The van der Waals surface area contributed by atoms with Crippen LogP contribution in [0.15, 0.2) is 0 Å². The highest BCUT2D eigenvalue weighted by Gasteiger charge is 2.37. The van der Waals surface area contributed by atoms with Gasteiger partial charge in [0.05, 0.1) is 7.14 Å². The second-order valence-electron chi connectivity index (χ2n) is 4.58. The molecule has 0 fully saturated rings. The van der Waals surface area contributed by atoms with E-state index in [9.17, 15) is 14.2 Å². The average molecular weight is 248 g/mol. The smallest absolute Gasteiger partial charge is 0.230 e. The molecule has 0 bridgehead atoms. The Bertz CT molecular complexity index is 300. The van der Waals surface area contributed by atoms with Gasteiger partial charge in [-0.3, -0.25) is 9.59 Å². The van der Waals surface area contributed by atoms with Crippen LogP contribution in [0.2, 0.25) is 0 Å². The third-order valence-corrected chi connectivity index (χ3v) is 7.34. The van der Waals surface area contributed by atoms with Crippen molar-refractivity contribution in [2.75, 3.05) is 6.16 Å². The van der Waals surface area contributed by atoms with Crippen molar-refractivity contribution < 1.29 is 14.2 Å². The molecule has 0 heterocycles. The number of carbonyl (C=O) groups excluding carboxylic acids is 2. The number of rotatable bonds is 6. The Labute approximate surface area is 96.3 Å². The summed E-state index contributed by atoms with van der Waals surface area (Å²) >= 11 is 0. The van der Waals surface area contributed by atoms with Gasteiger partial charge in [-0.25, -0.2) is 0 Å². The van der Waals surface area contributed by atoms with Crippen LogP contribution in [-0.4, -0.2) is 29.3 Å². The van der Waals surface area contributed by atoms with Gasteiger partial charge in [-0.1, -0.05) is 27.7 Å². The minimum Gasteiger partial charge on any atom is -0.369 e. The highest BCUT2D eigenvalue weighted by atomic mass is 31.2. The fourth-order valence-corrected chi connectivity index (χ4v) is 4.59. The van der Waals surface area contributed by atoms with E-state index in [1.807, 2.05) is 27.7 Å². The van der Waals surface area contributed by atoms with E-state index in [2.05, 4.69) is 0 Å². The summed E-state index contributed by atoms with van der Waals surface area (Å²) in [5.74, 6) is -2.72. The van der Waals surface area contributed by atoms with Crippen molar-refractivity contribution in [1.82, 2.24) is 0 Å². The molecular formula is C10H21N2O3P. The number of hydrogen-bond acceptors (Lipinski definition) is 3. The van der Waals surface area contributed by atoms with Crippen LogP contribution in [0.4, 0.5) is 0 Å². The van der Waals surface area contributed by atoms with Crippen LogP contribution in [0.1, 0.15) is 27.7 Å². The Kier molecular flexibility index (Phi) is 5.20. The summed E-state index contributed by atoms with van der Waals surface area (Å²) in [4.78, 5) is 22.1. The molecule has 4 N–H and O–H groups in total. The van der Waals surface area contributed by atoms with Crippen molar-refractivity contribution in [3.63, 3.8) is 0 Å². The summed E-state index contributed by atoms with van der Waals surface area (Å²) in [7, 11) is -2.63. The molecule has 94 valence electrons. The van der Waals surface area contributed by atoms with Gasteiger partial charge in [0.2, 0.25) is 11.8 Å². The number of carbonyl (C=O) groups is 2. The normalized spacial score (nSPS) is 12.4. The maximum atomic E-state index is 12.6. The lowest BCUT2D eigenvalue weighted by Gasteiger charge is -2.28. The van der Waals surface area contributed by atoms with Crippen molar-refractivity contribution in [2.45, 2.75) is 39.0 Å². The third-order valence-electron chi connectivity index (χ3n) is 2.90. The molecule has 0 aliphatic rings. The van der Waals surface area contributed by atoms with E-state index >= 15 is 0 Å². The lowest BCUT2D eigenvalue weighted by atomic mass is 10.1. The summed E-state index contributed by atoms with van der Waals surface area (Å²) in [6.45, 7) is 7.28. The zero-order valence-corrected chi connectivity index (χ0v) is 11.2. The van der Waals surface area contributed by atoms with Gasteiger partial charge in [-0.05, 0) is 0 Å². The fraction of sp³-hybridized carbons (Fsp3) is 0.800. The molecule has 0 saturated heterocycles. The Morgan fingerprint density at radius 2 is 1.31 bits per heavy atom. The predicted molar refractivity (Wildman–Crippen MR) is 64.6 cm³/mol. The van der Waals surface area contributed by atoms with Crippen molar-refractivity contribution in [3.05, 3.63) is 0 Å². The highest BCUT2D eigenvalue weighted by molar-refractivity contribution is 7.65. The molecule has 2 amide bonds. The third kappa shape index (κ3) is 3.34. The second-order valence-corrected chi connectivity index (χ2v) is 8.72. The molecule has 0 unspecified atom stereocenters. The molecule has 0 aliphatic carbocycles. The molecule has 0 saturated carbocycles. The van der Waals surface area contributed by atoms with Crippen molar-refractivity contribution in [3.8, 4) is 0 Å². The minimum atomic E-state index is -2.63. The molecule has 6 heteroatoms. The minimum absolute atomic E-state index is 0.0208. The van der Waals surface area contributed by atoms with Crippen LogP contribution in [-0.2, 0) is 14.2 Å². The maximum Gasteiger partial charge on any atom is 0.230 e. The van der Waals surface area contributed by atoms with Crippen molar-refractivity contribution >= 4 is 19.0 Å². The van der Waals surface area contributed by atoms with E-state index in [1.165, 1.54) is 0 Å². The summed E-state index contributed by atoms with van der Waals surface area (Å²) in [5.41, 5.74) is 9.99. The van der Waals surface area contributed by atoms with Gasteiger partial charge in [0, 0.05) is 17.5 Å². The van der Waals surface area contributed by atoms with E-state index < -0.39 is 24.9 Å². The largest absolute Gasteiger partial charge is 0.369 e. The Morgan fingerprint density at radius 1 is 1.00 bits per heavy atom. The van der Waals surface area contributed by atoms with Crippen LogP contribution < -0.4 is 11.5 Å². The first-order valence-electron chi connectivity index (χ1n) is 5.30. The standard InChI is InChI=1S/C10H21N2O3P/c1-6(2)16(15,7(3)4)5-8(9(11)13)10(12)14/h6-8H,5H2,1-4H3,(H2,11,13)(H2,12,14). The Morgan fingerprint density at radius 3 is 1.50 bits per heavy atom. The van der Waals surface area contributed by atoms with Crippen LogP contribution >= 0.6 is 7.14 Å². The molecule has 0 atom stereocenters. The lowest BCUT2D eigenvalue weighted by molar-refractivity contribution is -0.130. The average Bonchev–Trinajstić information content (AvgIpc) is 2.11. The van der Waals surface area contributed by atoms with Crippen molar-refractivity contribution in [1.29, 1.82) is 0 Å². The first-order chi connectivity index (χ1) is 7.12. The van der Waals surface area contributed by atoms with Crippen LogP contribution in [0.3, 0.4) is 0 Å². The second kappa shape index (κ2) is 5.48. The highest BCUT2D eigenvalue weighted by Crippen LogP contribution is 2.56. The quantitative estimate of drug-likeness (QED) is 0.535. The molecule has 5 nitrogen and oxygen atoms in total. The van der Waals surface area contributed by atoms with Gasteiger partial charge < -0.3 is 16.0 Å². The summed E-state index contributed by atoms with van der Waals surface area (Å²) < 4.78 is 12.6. The van der Waals surface area contributed by atoms with E-state index in [-0.39, 0.29) is 17.5 Å². The Hall–Kier alpha value is -0.830. The molecule has 0 radical (unpaired) electrons. The summed E-state index contributed by atoms with van der Waals surface area (Å²) in [6.07, 6.45) is -0.0208. The zero-order valence-electron chi connectivity index (χ0n) is 10.3. The zero-order chi connectivity index (χ0) is 13.1. The summed E-state index contributed by atoms with van der Waals surface area (Å²) in [6, 6.07) is 0. The topological polar surface area (TPSA) is 103 Å². The van der Waals surface area contributed by atoms with Gasteiger partial charge in [0.15, 0.2) is 0 Å². The van der Waals surface area contributed by atoms with Gasteiger partial charge in [0.25, 0.3) is 0 Å². The number of hydrogen-bond donors (Lipinski definition) is 2. The van der Waals surface area contributed by atoms with E-state index in [1.54, 1.807) is 0 Å². The molecule has 16 heavy (non-hydrogen) atoms. The van der Waals surface area contributed by atoms with Gasteiger partial charge in [0.1, 0.15) is 5.92 Å². The molecule has 0 aromatic rings. The maximum absolute atomic E-state index is 12.6. The van der Waals surface area contributed by atoms with Gasteiger partial charge in [-0.2, -0.15) is 0 Å². The monoisotopic (exact) mass is 248 g/mol. The lowest BCUT2D eigenvalue weighted by Crippen LogP contribution is -2.38. The summed E-state index contributed by atoms with van der Waals surface area (Å²) in [5, 5.41) is 0. The molecule has 0 aliphatic heterocycles. The van der Waals surface area contributed by atoms with Crippen LogP contribution in [0, 0.1) is 5.92 Å². The number of amides is 2.